The van der Waals surface area contributed by atoms with E-state index < -0.39 is 5.97 Å². The van der Waals surface area contributed by atoms with Gasteiger partial charge in [-0.2, -0.15) is 10.1 Å². The highest BCUT2D eigenvalue weighted by molar-refractivity contribution is 6.04. The van der Waals surface area contributed by atoms with Crippen LogP contribution in [0.1, 0.15) is 34.0 Å². The molecule has 5 rings (SSSR count). The Morgan fingerprint density at radius 2 is 1.62 bits per heavy atom. The third-order valence-electron chi connectivity index (χ3n) is 6.60. The van der Waals surface area contributed by atoms with Gasteiger partial charge in [-0.25, -0.2) is 10.6 Å². The number of nitrogens with zero attached hydrogens (tertiary/aromatic N) is 4. The van der Waals surface area contributed by atoms with E-state index in [1.807, 2.05) is 85.8 Å². The lowest BCUT2D eigenvalue weighted by atomic mass is 9.97. The molecule has 0 saturated heterocycles. The summed E-state index contributed by atoms with van der Waals surface area (Å²) in [6.07, 6.45) is 0. The molecular weight excluding hydrogens is 504 g/mol. The van der Waals surface area contributed by atoms with E-state index in [0.717, 1.165) is 27.8 Å². The molecule has 5 aromatic rings. The summed E-state index contributed by atoms with van der Waals surface area (Å²) in [5.74, 6) is 11.7. The molecule has 0 atom stereocenters. The fourth-order valence-electron chi connectivity index (χ4n) is 4.78. The third kappa shape index (κ3) is 5.36. The van der Waals surface area contributed by atoms with Crippen LogP contribution in [0.5, 0.6) is 6.01 Å². The van der Waals surface area contributed by atoms with Crippen LogP contribution < -0.4 is 16.4 Å². The lowest BCUT2D eigenvalue weighted by molar-refractivity contribution is 0.0698. The average molecular weight is 535 g/mol. The molecule has 0 unspecified atom stereocenters. The molecule has 1 aromatic heterocycles. The number of hydrogen-bond donors (Lipinski definition) is 3. The Morgan fingerprint density at radius 3 is 2.33 bits per heavy atom. The predicted octanol–water partition coefficient (Wildman–Crippen LogP) is 4.84. The Bertz CT molecular complexity index is 1660. The number of hydrogen-bond acceptors (Lipinski definition) is 6. The maximum Gasteiger partial charge on any atom is 0.337 e. The van der Waals surface area contributed by atoms with Gasteiger partial charge in [-0.15, -0.1) is 0 Å². The zero-order valence-electron chi connectivity index (χ0n) is 22.1. The number of imidazole rings is 1. The van der Waals surface area contributed by atoms with Crippen molar-refractivity contribution in [3.05, 3.63) is 119 Å². The Hall–Kier alpha value is -5.15. The molecule has 0 amide bonds. The SMILES string of the molecule is CCOc1nc2cccc(C(=O)O)c2n1Cc1ccc(-c2ccccc2/C(=N/N)N(N)Cc2ccccc2)cc1. The van der Waals surface area contributed by atoms with Crippen molar-refractivity contribution < 1.29 is 14.6 Å². The molecule has 0 saturated carbocycles. The Balaban J connectivity index is 1.46. The van der Waals surface area contributed by atoms with Crippen molar-refractivity contribution in [3.8, 4) is 17.1 Å². The van der Waals surface area contributed by atoms with Crippen molar-refractivity contribution in [2.45, 2.75) is 20.0 Å². The molecule has 0 spiro atoms. The molecular formula is C31H30N6O3. The Labute approximate surface area is 231 Å². The minimum atomic E-state index is -1.01. The van der Waals surface area contributed by atoms with Crippen LogP contribution in [-0.2, 0) is 13.1 Å². The van der Waals surface area contributed by atoms with E-state index in [2.05, 4.69) is 10.1 Å². The predicted molar refractivity (Wildman–Crippen MR) is 156 cm³/mol. The number of nitrogens with two attached hydrogens (primary N) is 2. The number of amidine groups is 1. The number of fused-ring (bicyclic) bond motifs is 1. The molecule has 0 fully saturated rings. The maximum absolute atomic E-state index is 11.9. The molecule has 9 heteroatoms. The van der Waals surface area contributed by atoms with Gasteiger partial charge in [0.1, 0.15) is 0 Å². The van der Waals surface area contributed by atoms with Gasteiger partial charge in [0.2, 0.25) is 0 Å². The number of carboxylic acids is 1. The summed E-state index contributed by atoms with van der Waals surface area (Å²) in [5, 5.41) is 15.4. The van der Waals surface area contributed by atoms with Gasteiger partial charge in [0, 0.05) is 5.56 Å². The minimum Gasteiger partial charge on any atom is -0.478 e. The summed E-state index contributed by atoms with van der Waals surface area (Å²) in [7, 11) is 0. The van der Waals surface area contributed by atoms with Crippen LogP contribution in [0.3, 0.4) is 0 Å². The van der Waals surface area contributed by atoms with Crippen LogP contribution in [0.15, 0.2) is 102 Å². The molecule has 1 heterocycles. The molecule has 9 nitrogen and oxygen atoms in total. The fourth-order valence-corrected chi connectivity index (χ4v) is 4.78. The standard InChI is InChI=1S/C31H30N6O3/c1-2-40-31-34-27-14-8-13-26(30(38)39)28(27)36(31)19-22-15-17-23(18-16-22)24-11-6-7-12-25(24)29(35-32)37(33)20-21-9-4-3-5-10-21/h3-18H,2,19-20,32-33H2,1H3,(H,38,39)/b35-29-. The summed E-state index contributed by atoms with van der Waals surface area (Å²) in [4.78, 5) is 16.5. The number of rotatable bonds is 9. The van der Waals surface area contributed by atoms with E-state index in [4.69, 9.17) is 16.4 Å². The molecule has 202 valence electrons. The average Bonchev–Trinajstić information content (AvgIpc) is 3.31. The zero-order chi connectivity index (χ0) is 28.1. The first kappa shape index (κ1) is 26.5. The second-order valence-corrected chi connectivity index (χ2v) is 9.20. The van der Waals surface area contributed by atoms with Crippen molar-refractivity contribution in [1.29, 1.82) is 0 Å². The summed E-state index contributed by atoms with van der Waals surface area (Å²) in [6, 6.07) is 31.2. The Kier molecular flexibility index (Phi) is 7.75. The van der Waals surface area contributed by atoms with E-state index >= 15 is 0 Å². The zero-order valence-corrected chi connectivity index (χ0v) is 22.1. The quantitative estimate of drug-likeness (QED) is 0.107. The molecule has 0 aliphatic carbocycles. The first-order valence-electron chi connectivity index (χ1n) is 12.9. The third-order valence-corrected chi connectivity index (χ3v) is 6.60. The van der Waals surface area contributed by atoms with Crippen molar-refractivity contribution in [1.82, 2.24) is 14.6 Å². The van der Waals surface area contributed by atoms with Gasteiger partial charge < -0.3 is 15.7 Å². The highest BCUT2D eigenvalue weighted by atomic mass is 16.5. The monoisotopic (exact) mass is 534 g/mol. The number of para-hydroxylation sites is 1. The normalized spacial score (nSPS) is 11.5. The van der Waals surface area contributed by atoms with Crippen molar-refractivity contribution in [2.24, 2.45) is 16.8 Å². The van der Waals surface area contributed by atoms with E-state index in [-0.39, 0.29) is 5.56 Å². The molecule has 0 aliphatic heterocycles. The van der Waals surface area contributed by atoms with Crippen LogP contribution in [0.25, 0.3) is 22.2 Å². The Morgan fingerprint density at radius 1 is 0.925 bits per heavy atom. The lowest BCUT2D eigenvalue weighted by Gasteiger charge is -2.22. The number of carboxylic acid groups (broad SMARTS) is 1. The molecule has 40 heavy (non-hydrogen) atoms. The number of aromatic carboxylic acids is 1. The van der Waals surface area contributed by atoms with Gasteiger partial charge in [-0.05, 0) is 41.3 Å². The van der Waals surface area contributed by atoms with Gasteiger partial charge in [0.05, 0.1) is 36.3 Å². The first-order valence-corrected chi connectivity index (χ1v) is 12.9. The highest BCUT2D eigenvalue weighted by Gasteiger charge is 2.20. The number of carbonyl (C=O) groups is 1. The van der Waals surface area contributed by atoms with E-state index in [9.17, 15) is 9.90 Å². The van der Waals surface area contributed by atoms with Crippen molar-refractivity contribution in [3.63, 3.8) is 0 Å². The van der Waals surface area contributed by atoms with Gasteiger partial charge in [-0.1, -0.05) is 84.9 Å². The van der Waals surface area contributed by atoms with E-state index in [1.54, 1.807) is 27.8 Å². The second kappa shape index (κ2) is 11.7. The summed E-state index contributed by atoms with van der Waals surface area (Å²) in [6.45, 7) is 3.12. The van der Waals surface area contributed by atoms with Crippen molar-refractivity contribution >= 4 is 22.8 Å². The summed E-state index contributed by atoms with van der Waals surface area (Å²) in [5.41, 5.74) is 5.97. The van der Waals surface area contributed by atoms with Crippen molar-refractivity contribution in [2.75, 3.05) is 6.61 Å². The highest BCUT2D eigenvalue weighted by Crippen LogP contribution is 2.29. The van der Waals surface area contributed by atoms with Gasteiger partial charge >= 0.3 is 5.97 Å². The van der Waals surface area contributed by atoms with Crippen LogP contribution in [0.4, 0.5) is 0 Å². The maximum atomic E-state index is 11.9. The minimum absolute atomic E-state index is 0.178. The van der Waals surface area contributed by atoms with E-state index in [1.165, 1.54) is 0 Å². The molecule has 5 N–H and O–H groups in total. The summed E-state index contributed by atoms with van der Waals surface area (Å²) >= 11 is 0. The molecule has 0 aliphatic rings. The number of hydrazone groups is 1. The largest absolute Gasteiger partial charge is 0.478 e. The van der Waals surface area contributed by atoms with Gasteiger partial charge in [0.15, 0.2) is 5.84 Å². The number of benzene rings is 4. The van der Waals surface area contributed by atoms with Crippen LogP contribution in [-0.4, -0.2) is 38.1 Å². The number of ether oxygens (including phenoxy) is 1. The van der Waals surface area contributed by atoms with Crippen LogP contribution in [0, 0.1) is 0 Å². The number of hydrazine groups is 1. The van der Waals surface area contributed by atoms with Crippen LogP contribution in [0.2, 0.25) is 0 Å². The smallest absolute Gasteiger partial charge is 0.337 e. The van der Waals surface area contributed by atoms with Crippen LogP contribution >= 0.6 is 0 Å². The molecule has 0 radical (unpaired) electrons. The fraction of sp³-hybridized carbons (Fsp3) is 0.129. The summed E-state index contributed by atoms with van der Waals surface area (Å²) < 4.78 is 7.56. The lowest BCUT2D eigenvalue weighted by Crippen LogP contribution is -2.38. The molecule has 4 aromatic carbocycles. The van der Waals surface area contributed by atoms with Gasteiger partial charge in [0.25, 0.3) is 6.01 Å². The number of aromatic nitrogens is 2. The van der Waals surface area contributed by atoms with E-state index in [0.29, 0.717) is 42.6 Å². The second-order valence-electron chi connectivity index (χ2n) is 9.20. The molecule has 0 bridgehead atoms. The topological polar surface area (TPSA) is 132 Å². The van der Waals surface area contributed by atoms with Gasteiger partial charge in [-0.3, -0.25) is 9.58 Å². The first-order chi connectivity index (χ1) is 19.5.